The second-order valence-electron chi connectivity index (χ2n) is 9.50. The first kappa shape index (κ1) is 23.4. The van der Waals surface area contributed by atoms with E-state index < -0.39 is 0 Å². The lowest BCUT2D eigenvalue weighted by atomic mass is 9.99. The molecule has 0 saturated carbocycles. The summed E-state index contributed by atoms with van der Waals surface area (Å²) in [5.74, 6) is 2.59. The van der Waals surface area contributed by atoms with Gasteiger partial charge < -0.3 is 14.4 Å². The Balaban J connectivity index is 1.31. The number of benzene rings is 4. The van der Waals surface area contributed by atoms with Crippen LogP contribution in [-0.2, 0) is 6.42 Å². The van der Waals surface area contributed by atoms with Gasteiger partial charge in [0.1, 0.15) is 17.2 Å². The average Bonchev–Trinajstić information content (AvgIpc) is 2.93. The quantitative estimate of drug-likeness (QED) is 0.233. The van der Waals surface area contributed by atoms with Gasteiger partial charge in [0.15, 0.2) is 0 Å². The first-order valence-corrected chi connectivity index (χ1v) is 13.0. The number of hydrogen-bond donors (Lipinski definition) is 0. The van der Waals surface area contributed by atoms with Gasteiger partial charge in [0.2, 0.25) is 0 Å². The largest absolute Gasteiger partial charge is 0.497 e. The molecule has 180 valence electrons. The van der Waals surface area contributed by atoms with Crippen molar-refractivity contribution in [3.8, 4) is 28.4 Å². The summed E-state index contributed by atoms with van der Waals surface area (Å²) in [5.41, 5.74) is 3.61. The van der Waals surface area contributed by atoms with Crippen LogP contribution in [0.3, 0.4) is 0 Å². The van der Waals surface area contributed by atoms with Crippen molar-refractivity contribution in [1.82, 2.24) is 4.90 Å². The summed E-state index contributed by atoms with van der Waals surface area (Å²) < 4.78 is 12.0. The molecule has 1 heterocycles. The van der Waals surface area contributed by atoms with Gasteiger partial charge in [0.05, 0.1) is 7.11 Å². The van der Waals surface area contributed by atoms with Crippen molar-refractivity contribution in [3.05, 3.63) is 90.5 Å². The lowest BCUT2D eigenvalue weighted by molar-refractivity contribution is 0.225. The van der Waals surface area contributed by atoms with Crippen molar-refractivity contribution in [2.75, 3.05) is 26.7 Å². The predicted molar refractivity (Wildman–Crippen MR) is 146 cm³/mol. The Morgan fingerprint density at radius 1 is 0.743 bits per heavy atom. The van der Waals surface area contributed by atoms with Crippen molar-refractivity contribution in [2.24, 2.45) is 0 Å². The molecule has 3 nitrogen and oxygen atoms in total. The first-order chi connectivity index (χ1) is 17.3. The van der Waals surface area contributed by atoms with Crippen molar-refractivity contribution in [1.29, 1.82) is 0 Å². The maximum atomic E-state index is 6.56. The fourth-order valence-electron chi connectivity index (χ4n) is 5.05. The maximum absolute atomic E-state index is 6.56. The maximum Gasteiger partial charge on any atom is 0.143 e. The van der Waals surface area contributed by atoms with E-state index in [2.05, 4.69) is 77.7 Å². The topological polar surface area (TPSA) is 21.7 Å². The SMILES string of the molecule is COc1ccc2c(Oc3ccc(CCCCN4CCCCC4)cc3)c(-c3ccccc3)ccc2c1. The molecule has 0 unspecified atom stereocenters. The highest BCUT2D eigenvalue weighted by Gasteiger charge is 2.13. The lowest BCUT2D eigenvalue weighted by Gasteiger charge is -2.26. The Labute approximate surface area is 209 Å². The Hall–Kier alpha value is -3.30. The Morgan fingerprint density at radius 2 is 1.51 bits per heavy atom. The number of hydrogen-bond acceptors (Lipinski definition) is 3. The van der Waals surface area contributed by atoms with E-state index in [-0.39, 0.29) is 0 Å². The van der Waals surface area contributed by atoms with Crippen LogP contribution in [0, 0.1) is 0 Å². The summed E-state index contributed by atoms with van der Waals surface area (Å²) in [6.45, 7) is 3.82. The molecule has 0 spiro atoms. The van der Waals surface area contributed by atoms with Gasteiger partial charge in [-0.3, -0.25) is 0 Å². The molecule has 4 aromatic rings. The van der Waals surface area contributed by atoms with Crippen LogP contribution >= 0.6 is 0 Å². The summed E-state index contributed by atoms with van der Waals surface area (Å²) in [4.78, 5) is 2.63. The van der Waals surface area contributed by atoms with E-state index in [1.807, 2.05) is 12.1 Å². The molecule has 0 amide bonds. The van der Waals surface area contributed by atoms with Crippen LogP contribution in [0.25, 0.3) is 21.9 Å². The minimum atomic E-state index is 0.848. The van der Waals surface area contributed by atoms with E-state index in [4.69, 9.17) is 9.47 Å². The number of rotatable bonds is 9. The number of methoxy groups -OCH3 is 1. The van der Waals surface area contributed by atoms with Gasteiger partial charge in [0.25, 0.3) is 0 Å². The second kappa shape index (κ2) is 11.4. The number of unbranched alkanes of at least 4 members (excludes halogenated alkanes) is 1. The Morgan fingerprint density at radius 3 is 2.29 bits per heavy atom. The molecule has 0 N–H and O–H groups in total. The van der Waals surface area contributed by atoms with Gasteiger partial charge in [-0.05, 0) is 105 Å². The zero-order valence-electron chi connectivity index (χ0n) is 20.7. The molecule has 0 radical (unpaired) electrons. The van der Waals surface area contributed by atoms with Crippen LogP contribution < -0.4 is 9.47 Å². The van der Waals surface area contributed by atoms with Crippen LogP contribution in [0.15, 0.2) is 84.9 Å². The van der Waals surface area contributed by atoms with E-state index in [0.29, 0.717) is 0 Å². The van der Waals surface area contributed by atoms with Crippen LogP contribution in [0.5, 0.6) is 17.2 Å². The highest BCUT2D eigenvalue weighted by atomic mass is 16.5. The second-order valence-corrected chi connectivity index (χ2v) is 9.50. The van der Waals surface area contributed by atoms with Crippen molar-refractivity contribution in [2.45, 2.75) is 38.5 Å². The van der Waals surface area contributed by atoms with Crippen molar-refractivity contribution < 1.29 is 9.47 Å². The van der Waals surface area contributed by atoms with Gasteiger partial charge in [-0.25, -0.2) is 0 Å². The standard InChI is InChI=1S/C32H35NO2/c1-34-29-18-20-31-27(24-29)15-19-30(26-11-4-2-5-12-26)32(31)35-28-16-13-25(14-17-28)10-6-9-23-33-21-7-3-8-22-33/h2,4-5,11-20,24H,3,6-10,21-23H2,1H3. The number of piperidine rings is 1. The van der Waals surface area contributed by atoms with Gasteiger partial charge in [-0.15, -0.1) is 0 Å². The van der Waals surface area contributed by atoms with Crippen LogP contribution in [0.1, 0.15) is 37.7 Å². The van der Waals surface area contributed by atoms with Gasteiger partial charge in [-0.2, -0.15) is 0 Å². The van der Waals surface area contributed by atoms with E-state index in [9.17, 15) is 0 Å². The smallest absolute Gasteiger partial charge is 0.143 e. The normalized spacial score (nSPS) is 14.2. The molecule has 1 fully saturated rings. The Kier molecular flexibility index (Phi) is 7.65. The number of likely N-dealkylation sites (tertiary alicyclic amines) is 1. The molecule has 3 heteroatoms. The monoisotopic (exact) mass is 465 g/mol. The summed E-state index contributed by atoms with van der Waals surface area (Å²) in [5, 5.41) is 2.18. The molecule has 0 atom stereocenters. The third kappa shape index (κ3) is 5.86. The average molecular weight is 466 g/mol. The summed E-state index contributed by atoms with van der Waals surface area (Å²) in [6.07, 6.45) is 7.79. The molecule has 1 saturated heterocycles. The number of fused-ring (bicyclic) bond motifs is 1. The minimum Gasteiger partial charge on any atom is -0.497 e. The van der Waals surface area contributed by atoms with Crippen molar-refractivity contribution >= 4 is 10.8 Å². The predicted octanol–water partition coefficient (Wildman–Crippen LogP) is 8.12. The van der Waals surface area contributed by atoms with Crippen LogP contribution in [0.4, 0.5) is 0 Å². The number of ether oxygens (including phenoxy) is 2. The van der Waals surface area contributed by atoms with Crippen molar-refractivity contribution in [3.63, 3.8) is 0 Å². The van der Waals surface area contributed by atoms with E-state index in [1.165, 1.54) is 57.3 Å². The highest BCUT2D eigenvalue weighted by Crippen LogP contribution is 2.40. The van der Waals surface area contributed by atoms with Gasteiger partial charge in [-0.1, -0.05) is 55.0 Å². The van der Waals surface area contributed by atoms with Crippen LogP contribution in [0.2, 0.25) is 0 Å². The molecular formula is C32H35NO2. The Bertz CT molecular complexity index is 1230. The number of nitrogens with zero attached hydrogens (tertiary/aromatic N) is 1. The van der Waals surface area contributed by atoms with Crippen LogP contribution in [-0.4, -0.2) is 31.6 Å². The molecule has 5 rings (SSSR count). The summed E-state index contributed by atoms with van der Waals surface area (Å²) in [6, 6.07) is 29.5. The molecule has 0 aliphatic carbocycles. The molecular weight excluding hydrogens is 430 g/mol. The zero-order valence-corrected chi connectivity index (χ0v) is 20.7. The molecule has 1 aliphatic rings. The molecule has 4 aromatic carbocycles. The fraction of sp³-hybridized carbons (Fsp3) is 0.312. The van der Waals surface area contributed by atoms with E-state index in [0.717, 1.165) is 45.6 Å². The van der Waals surface area contributed by atoms with Gasteiger partial charge >= 0.3 is 0 Å². The number of aryl methyl sites for hydroxylation is 1. The third-order valence-electron chi connectivity index (χ3n) is 7.04. The molecule has 1 aliphatic heterocycles. The first-order valence-electron chi connectivity index (χ1n) is 13.0. The van der Waals surface area contributed by atoms with Gasteiger partial charge in [0, 0.05) is 10.9 Å². The highest BCUT2D eigenvalue weighted by molar-refractivity contribution is 5.96. The minimum absolute atomic E-state index is 0.848. The van der Waals surface area contributed by atoms with E-state index >= 15 is 0 Å². The fourth-order valence-corrected chi connectivity index (χ4v) is 5.05. The summed E-state index contributed by atoms with van der Waals surface area (Å²) >= 11 is 0. The molecule has 35 heavy (non-hydrogen) atoms. The zero-order chi connectivity index (χ0) is 23.9. The molecule has 0 bridgehead atoms. The van der Waals surface area contributed by atoms with E-state index in [1.54, 1.807) is 7.11 Å². The molecule has 0 aromatic heterocycles. The third-order valence-corrected chi connectivity index (χ3v) is 7.04. The summed E-state index contributed by atoms with van der Waals surface area (Å²) in [7, 11) is 1.70. The lowest BCUT2D eigenvalue weighted by Crippen LogP contribution is -2.30.